The first-order chi connectivity index (χ1) is 6.37. The molecule has 0 saturated carbocycles. The fourth-order valence-electron chi connectivity index (χ4n) is 0.816. The molecular formula is C6H8N2O4S2. The van der Waals surface area contributed by atoms with E-state index in [0.717, 1.165) is 15.6 Å². The van der Waals surface area contributed by atoms with E-state index in [9.17, 15) is 18.5 Å². The zero-order valence-corrected chi connectivity index (χ0v) is 9.13. The molecule has 1 aromatic rings. The Morgan fingerprint density at radius 1 is 1.50 bits per heavy atom. The van der Waals surface area contributed by atoms with Gasteiger partial charge in [0.1, 0.15) is 0 Å². The Bertz CT molecular complexity index is 448. The second-order valence-electron chi connectivity index (χ2n) is 2.63. The second-order valence-corrected chi connectivity index (χ2v) is 5.65. The van der Waals surface area contributed by atoms with Crippen LogP contribution in [0, 0.1) is 10.1 Å². The Kier molecular flexibility index (Phi) is 2.88. The van der Waals surface area contributed by atoms with Crippen LogP contribution in [0.5, 0.6) is 0 Å². The molecule has 0 N–H and O–H groups in total. The summed E-state index contributed by atoms with van der Waals surface area (Å²) in [6, 6.07) is 1.23. The van der Waals surface area contributed by atoms with E-state index in [4.69, 9.17) is 0 Å². The Labute approximate surface area is 85.0 Å². The van der Waals surface area contributed by atoms with Crippen LogP contribution in [0.15, 0.2) is 16.3 Å². The van der Waals surface area contributed by atoms with E-state index in [2.05, 4.69) is 0 Å². The van der Waals surface area contributed by atoms with Gasteiger partial charge in [0.15, 0.2) is 4.90 Å². The molecule has 0 spiro atoms. The molecule has 0 aliphatic heterocycles. The van der Waals surface area contributed by atoms with Gasteiger partial charge in [0.2, 0.25) is 10.0 Å². The van der Waals surface area contributed by atoms with Gasteiger partial charge in [-0.25, -0.2) is 12.7 Å². The van der Waals surface area contributed by atoms with Gasteiger partial charge in [-0.3, -0.25) is 10.1 Å². The van der Waals surface area contributed by atoms with Crippen LogP contribution >= 0.6 is 11.3 Å². The van der Waals surface area contributed by atoms with Crippen molar-refractivity contribution in [1.82, 2.24) is 4.31 Å². The Morgan fingerprint density at radius 3 is 2.50 bits per heavy atom. The van der Waals surface area contributed by atoms with Gasteiger partial charge in [-0.2, -0.15) is 0 Å². The lowest BCUT2D eigenvalue weighted by Gasteiger charge is -2.08. The van der Waals surface area contributed by atoms with Gasteiger partial charge in [-0.05, 0) is 11.4 Å². The molecule has 0 amide bonds. The number of nitro groups is 1. The summed E-state index contributed by atoms with van der Waals surface area (Å²) in [7, 11) is -1.05. The van der Waals surface area contributed by atoms with Crippen molar-refractivity contribution in [1.29, 1.82) is 0 Å². The maximum atomic E-state index is 11.5. The summed E-state index contributed by atoms with van der Waals surface area (Å²) in [5, 5.41) is 11.5. The van der Waals surface area contributed by atoms with E-state index in [0.29, 0.717) is 0 Å². The summed E-state index contributed by atoms with van der Waals surface area (Å²) in [6.45, 7) is 0. The van der Waals surface area contributed by atoms with E-state index in [1.54, 1.807) is 0 Å². The minimum Gasteiger partial charge on any atom is -0.258 e. The van der Waals surface area contributed by atoms with Gasteiger partial charge in [-0.1, -0.05) is 11.3 Å². The van der Waals surface area contributed by atoms with Crippen molar-refractivity contribution in [2.75, 3.05) is 14.1 Å². The third-order valence-corrected chi connectivity index (χ3v) is 4.37. The van der Waals surface area contributed by atoms with Crippen molar-refractivity contribution < 1.29 is 13.3 Å². The first-order valence-corrected chi connectivity index (χ1v) is 5.83. The molecule has 0 aromatic carbocycles. The number of hydrogen-bond donors (Lipinski definition) is 0. The summed E-state index contributed by atoms with van der Waals surface area (Å²) in [6.07, 6.45) is 0. The summed E-state index contributed by atoms with van der Waals surface area (Å²) in [4.78, 5) is 9.54. The molecule has 1 rings (SSSR count). The van der Waals surface area contributed by atoms with Crippen LogP contribution in [-0.4, -0.2) is 31.7 Å². The van der Waals surface area contributed by atoms with Gasteiger partial charge in [0.25, 0.3) is 0 Å². The molecule has 8 heteroatoms. The molecule has 0 unspecified atom stereocenters. The SMILES string of the molecule is CN(C)S(=O)(=O)c1ccsc1[N+](=O)[O-]. The predicted molar refractivity (Wildman–Crippen MR) is 51.8 cm³/mol. The summed E-state index contributed by atoms with van der Waals surface area (Å²) >= 11 is 0.797. The molecular weight excluding hydrogens is 228 g/mol. The van der Waals surface area contributed by atoms with Crippen molar-refractivity contribution in [3.8, 4) is 0 Å². The van der Waals surface area contributed by atoms with Crippen LogP contribution < -0.4 is 0 Å². The number of nitrogens with zero attached hydrogens (tertiary/aromatic N) is 2. The first-order valence-electron chi connectivity index (χ1n) is 3.52. The summed E-state index contributed by atoms with van der Waals surface area (Å²) < 4.78 is 24.0. The predicted octanol–water partition coefficient (Wildman–Crippen LogP) is 0.907. The number of rotatable bonds is 3. The summed E-state index contributed by atoms with van der Waals surface area (Å²) in [5.41, 5.74) is 0. The van der Waals surface area contributed by atoms with Crippen molar-refractivity contribution in [3.63, 3.8) is 0 Å². The molecule has 0 atom stereocenters. The zero-order valence-electron chi connectivity index (χ0n) is 7.50. The zero-order chi connectivity index (χ0) is 10.9. The molecule has 0 bridgehead atoms. The first kappa shape index (κ1) is 11.1. The van der Waals surface area contributed by atoms with Crippen LogP contribution in [-0.2, 0) is 10.0 Å². The normalized spacial score (nSPS) is 11.9. The number of sulfonamides is 1. The molecule has 6 nitrogen and oxygen atoms in total. The standard InChI is InChI=1S/C6H8N2O4S2/c1-7(2)14(11,12)5-3-4-13-6(5)8(9)10/h3-4H,1-2H3. The molecule has 78 valence electrons. The monoisotopic (exact) mass is 236 g/mol. The van der Waals surface area contributed by atoms with Gasteiger partial charge in [0, 0.05) is 14.1 Å². The van der Waals surface area contributed by atoms with Crippen molar-refractivity contribution >= 4 is 26.4 Å². The fourth-order valence-corrected chi connectivity index (χ4v) is 2.89. The molecule has 0 radical (unpaired) electrons. The largest absolute Gasteiger partial charge is 0.344 e. The van der Waals surface area contributed by atoms with E-state index in [1.165, 1.54) is 25.5 Å². The van der Waals surface area contributed by atoms with Crippen LogP contribution in [0.4, 0.5) is 5.00 Å². The lowest BCUT2D eigenvalue weighted by molar-refractivity contribution is -0.383. The number of hydrogen-bond acceptors (Lipinski definition) is 5. The lowest BCUT2D eigenvalue weighted by atomic mass is 10.6. The Hall–Kier alpha value is -0.990. The van der Waals surface area contributed by atoms with E-state index < -0.39 is 14.9 Å². The average Bonchev–Trinajstić information content (AvgIpc) is 2.51. The van der Waals surface area contributed by atoms with Gasteiger partial charge >= 0.3 is 5.00 Å². The smallest absolute Gasteiger partial charge is 0.258 e. The topological polar surface area (TPSA) is 80.5 Å². The molecule has 1 aromatic heterocycles. The van der Waals surface area contributed by atoms with Crippen LogP contribution in [0.1, 0.15) is 0 Å². The minimum atomic E-state index is -3.71. The van der Waals surface area contributed by atoms with Gasteiger partial charge in [-0.15, -0.1) is 0 Å². The lowest BCUT2D eigenvalue weighted by Crippen LogP contribution is -2.22. The highest BCUT2D eigenvalue weighted by atomic mass is 32.2. The molecule has 0 aliphatic carbocycles. The van der Waals surface area contributed by atoms with E-state index >= 15 is 0 Å². The Morgan fingerprint density at radius 2 is 2.07 bits per heavy atom. The molecule has 1 heterocycles. The quantitative estimate of drug-likeness (QED) is 0.577. The van der Waals surface area contributed by atoms with E-state index in [1.807, 2.05) is 0 Å². The van der Waals surface area contributed by atoms with E-state index in [-0.39, 0.29) is 9.90 Å². The average molecular weight is 236 g/mol. The third kappa shape index (κ3) is 1.76. The van der Waals surface area contributed by atoms with Gasteiger partial charge in [0.05, 0.1) is 4.92 Å². The van der Waals surface area contributed by atoms with Crippen LogP contribution in [0.25, 0.3) is 0 Å². The minimum absolute atomic E-state index is 0.252. The molecule has 14 heavy (non-hydrogen) atoms. The van der Waals surface area contributed by atoms with Crippen LogP contribution in [0.3, 0.4) is 0 Å². The van der Waals surface area contributed by atoms with Crippen molar-refractivity contribution in [2.24, 2.45) is 0 Å². The van der Waals surface area contributed by atoms with Crippen molar-refractivity contribution in [2.45, 2.75) is 4.90 Å². The molecule has 0 fully saturated rings. The molecule has 0 saturated heterocycles. The maximum Gasteiger partial charge on any atom is 0.344 e. The summed E-state index contributed by atoms with van der Waals surface area (Å²) in [5.74, 6) is 0. The second kappa shape index (κ2) is 3.64. The van der Waals surface area contributed by atoms with Crippen LogP contribution in [0.2, 0.25) is 0 Å². The maximum absolute atomic E-state index is 11.5. The molecule has 0 aliphatic rings. The fraction of sp³-hybridized carbons (Fsp3) is 0.333. The third-order valence-electron chi connectivity index (χ3n) is 1.53. The van der Waals surface area contributed by atoms with Gasteiger partial charge < -0.3 is 0 Å². The Balaban J connectivity index is 3.34. The highest BCUT2D eigenvalue weighted by Gasteiger charge is 2.28. The number of thiophene rings is 1. The van der Waals surface area contributed by atoms with Crippen molar-refractivity contribution in [3.05, 3.63) is 21.6 Å². The highest BCUT2D eigenvalue weighted by molar-refractivity contribution is 7.89. The highest BCUT2D eigenvalue weighted by Crippen LogP contribution is 2.30.